The summed E-state index contributed by atoms with van der Waals surface area (Å²) in [6.07, 6.45) is 2.24. The fourth-order valence-corrected chi connectivity index (χ4v) is 5.08. The summed E-state index contributed by atoms with van der Waals surface area (Å²) >= 11 is 0. The van der Waals surface area contributed by atoms with Gasteiger partial charge in [0.1, 0.15) is 11.4 Å². The Morgan fingerprint density at radius 3 is 2.64 bits per heavy atom. The maximum Gasteiger partial charge on any atom is 0.250 e. The molecule has 1 aromatic carbocycles. The summed E-state index contributed by atoms with van der Waals surface area (Å²) in [5, 5.41) is 6.11. The van der Waals surface area contributed by atoms with Crippen molar-refractivity contribution in [1.82, 2.24) is 10.2 Å². The number of nitrogens with one attached hydrogen (secondary N) is 2. The Morgan fingerprint density at radius 1 is 1.21 bits per heavy atom. The van der Waals surface area contributed by atoms with E-state index in [2.05, 4.69) is 10.6 Å². The maximum absolute atomic E-state index is 14.1. The van der Waals surface area contributed by atoms with Crippen LogP contribution in [0.25, 0.3) is 0 Å². The van der Waals surface area contributed by atoms with Crippen molar-refractivity contribution >= 4 is 23.4 Å². The molecule has 4 atom stereocenters. The first kappa shape index (κ1) is 19.1. The third-order valence-electron chi connectivity index (χ3n) is 6.23. The van der Waals surface area contributed by atoms with Crippen molar-refractivity contribution in [3.05, 3.63) is 29.6 Å². The third kappa shape index (κ3) is 2.52. The number of nitrogens with zero attached hydrogens (tertiary/aromatic N) is 1. The van der Waals surface area contributed by atoms with Gasteiger partial charge < -0.3 is 5.32 Å². The van der Waals surface area contributed by atoms with Crippen LogP contribution >= 0.6 is 0 Å². The number of rotatable bonds is 5. The number of fused-ring (bicyclic) bond motifs is 4. The van der Waals surface area contributed by atoms with Crippen LogP contribution in [-0.4, -0.2) is 35.2 Å². The smallest absolute Gasteiger partial charge is 0.250 e. The lowest BCUT2D eigenvalue weighted by atomic mass is 9.76. The molecule has 3 amide bonds. The molecule has 0 bridgehead atoms. The van der Waals surface area contributed by atoms with Crippen LogP contribution in [0.3, 0.4) is 0 Å². The summed E-state index contributed by atoms with van der Waals surface area (Å²) in [6, 6.07) is 3.79. The highest BCUT2D eigenvalue weighted by Crippen LogP contribution is 2.53. The third-order valence-corrected chi connectivity index (χ3v) is 6.23. The van der Waals surface area contributed by atoms with E-state index in [9.17, 15) is 18.8 Å². The quantitative estimate of drug-likeness (QED) is 0.761. The molecule has 4 unspecified atom stereocenters. The summed E-state index contributed by atoms with van der Waals surface area (Å²) in [7, 11) is 0. The van der Waals surface area contributed by atoms with Gasteiger partial charge in [0.05, 0.1) is 11.8 Å². The molecule has 0 radical (unpaired) electrons. The highest BCUT2D eigenvalue weighted by atomic mass is 19.1. The molecule has 0 saturated carbocycles. The Kier molecular flexibility index (Phi) is 4.53. The van der Waals surface area contributed by atoms with Gasteiger partial charge in [-0.3, -0.25) is 24.6 Å². The Labute approximate surface area is 163 Å². The van der Waals surface area contributed by atoms with E-state index in [1.165, 1.54) is 23.1 Å². The van der Waals surface area contributed by atoms with E-state index in [4.69, 9.17) is 0 Å². The first-order chi connectivity index (χ1) is 13.3. The van der Waals surface area contributed by atoms with Gasteiger partial charge >= 0.3 is 0 Å². The van der Waals surface area contributed by atoms with Gasteiger partial charge in [0, 0.05) is 23.8 Å². The van der Waals surface area contributed by atoms with E-state index < -0.39 is 23.2 Å². The number of imide groups is 1. The number of unbranched alkanes of at least 4 members (excludes halogenated alkanes) is 1. The van der Waals surface area contributed by atoms with E-state index in [1.807, 2.05) is 20.8 Å². The van der Waals surface area contributed by atoms with Gasteiger partial charge in [-0.2, -0.15) is 0 Å². The van der Waals surface area contributed by atoms with Crippen molar-refractivity contribution in [3.8, 4) is 0 Å². The number of likely N-dealkylation sites (tertiary alicyclic amines) is 1. The minimum atomic E-state index is -1.39. The predicted octanol–water partition coefficient (Wildman–Crippen LogP) is 2.39. The molecular formula is C21H26FN3O3. The molecule has 0 aromatic heterocycles. The highest BCUT2D eigenvalue weighted by molar-refractivity contribution is 6.15. The summed E-state index contributed by atoms with van der Waals surface area (Å²) in [4.78, 5) is 41.0. The second-order valence-corrected chi connectivity index (χ2v) is 8.52. The lowest BCUT2D eigenvalue weighted by molar-refractivity contribution is -0.142. The number of benzene rings is 1. The number of carbonyl (C=O) groups is 3. The summed E-state index contributed by atoms with van der Waals surface area (Å²) in [5.74, 6) is -2.56. The van der Waals surface area contributed by atoms with Crippen LogP contribution in [0.15, 0.2) is 18.2 Å². The summed E-state index contributed by atoms with van der Waals surface area (Å²) in [5.41, 5.74) is -0.470. The summed E-state index contributed by atoms with van der Waals surface area (Å²) < 4.78 is 14.1. The zero-order valence-electron chi connectivity index (χ0n) is 16.4. The van der Waals surface area contributed by atoms with Crippen molar-refractivity contribution in [2.75, 3.05) is 11.9 Å². The molecular weight excluding hydrogens is 361 g/mol. The average molecular weight is 387 g/mol. The van der Waals surface area contributed by atoms with Crippen molar-refractivity contribution < 1.29 is 18.8 Å². The number of anilines is 1. The first-order valence-electron chi connectivity index (χ1n) is 10.1. The largest absolute Gasteiger partial charge is 0.324 e. The molecule has 3 heterocycles. The molecule has 1 spiro atoms. The lowest BCUT2D eigenvalue weighted by Crippen LogP contribution is -2.53. The van der Waals surface area contributed by atoms with Gasteiger partial charge in [-0.15, -0.1) is 0 Å². The highest BCUT2D eigenvalue weighted by Gasteiger charge is 2.70. The zero-order chi connectivity index (χ0) is 20.2. The molecule has 0 aliphatic carbocycles. The van der Waals surface area contributed by atoms with Crippen LogP contribution in [0, 0.1) is 23.6 Å². The van der Waals surface area contributed by atoms with E-state index >= 15 is 0 Å². The van der Waals surface area contributed by atoms with E-state index in [0.29, 0.717) is 24.2 Å². The van der Waals surface area contributed by atoms with Gasteiger partial charge in [-0.1, -0.05) is 27.2 Å². The summed E-state index contributed by atoms with van der Waals surface area (Å²) in [6.45, 7) is 6.45. The normalized spacial score (nSPS) is 31.1. The maximum atomic E-state index is 14.1. The minimum Gasteiger partial charge on any atom is -0.324 e. The van der Waals surface area contributed by atoms with E-state index in [1.54, 1.807) is 0 Å². The molecule has 3 aliphatic rings. The average Bonchev–Trinajstić information content (AvgIpc) is 3.19. The molecule has 2 N–H and O–H groups in total. The molecule has 28 heavy (non-hydrogen) atoms. The minimum absolute atomic E-state index is 0.212. The van der Waals surface area contributed by atoms with Gasteiger partial charge in [0.15, 0.2) is 0 Å². The van der Waals surface area contributed by atoms with E-state index in [-0.39, 0.29) is 29.7 Å². The Balaban J connectivity index is 1.84. The monoisotopic (exact) mass is 387 g/mol. The van der Waals surface area contributed by atoms with Gasteiger partial charge in [-0.25, -0.2) is 4.39 Å². The van der Waals surface area contributed by atoms with Crippen LogP contribution in [0.4, 0.5) is 10.1 Å². The number of hydrogen-bond donors (Lipinski definition) is 2. The Bertz CT molecular complexity index is 855. The predicted molar refractivity (Wildman–Crippen MR) is 102 cm³/mol. The van der Waals surface area contributed by atoms with Crippen LogP contribution < -0.4 is 10.6 Å². The fourth-order valence-electron chi connectivity index (χ4n) is 5.08. The van der Waals surface area contributed by atoms with Gasteiger partial charge in [0.25, 0.3) is 0 Å². The molecule has 6 nitrogen and oxygen atoms in total. The lowest BCUT2D eigenvalue weighted by Gasteiger charge is -2.29. The number of halogens is 1. The second-order valence-electron chi connectivity index (χ2n) is 8.52. The molecule has 3 aliphatic heterocycles. The van der Waals surface area contributed by atoms with Crippen LogP contribution in [-0.2, 0) is 19.9 Å². The second kappa shape index (κ2) is 6.65. The molecule has 7 heteroatoms. The van der Waals surface area contributed by atoms with Crippen LogP contribution in [0.2, 0.25) is 0 Å². The molecule has 2 fully saturated rings. The van der Waals surface area contributed by atoms with Gasteiger partial charge in [-0.05, 0) is 37.0 Å². The molecule has 1 aromatic rings. The van der Waals surface area contributed by atoms with Crippen molar-refractivity contribution in [1.29, 1.82) is 0 Å². The van der Waals surface area contributed by atoms with Crippen molar-refractivity contribution in [2.24, 2.45) is 17.8 Å². The van der Waals surface area contributed by atoms with Gasteiger partial charge in [0.2, 0.25) is 17.7 Å². The number of amides is 3. The Morgan fingerprint density at radius 2 is 1.96 bits per heavy atom. The Hall–Kier alpha value is -2.28. The number of carbonyl (C=O) groups excluding carboxylic acids is 3. The zero-order valence-corrected chi connectivity index (χ0v) is 16.4. The SMILES string of the molecule is CCCCN1C(=O)C2C(CC(C)C)NC3(C(=O)Nc4ccc(F)cc43)C2C1=O. The topological polar surface area (TPSA) is 78.5 Å². The molecule has 2 saturated heterocycles. The fraction of sp³-hybridized carbons (Fsp3) is 0.571. The number of hydrogen-bond acceptors (Lipinski definition) is 4. The van der Waals surface area contributed by atoms with E-state index in [0.717, 1.165) is 12.8 Å². The van der Waals surface area contributed by atoms with Crippen molar-refractivity contribution in [2.45, 2.75) is 51.6 Å². The van der Waals surface area contributed by atoms with Crippen LogP contribution in [0.5, 0.6) is 0 Å². The van der Waals surface area contributed by atoms with Crippen molar-refractivity contribution in [3.63, 3.8) is 0 Å². The molecule has 150 valence electrons. The first-order valence-corrected chi connectivity index (χ1v) is 10.1. The van der Waals surface area contributed by atoms with Crippen LogP contribution in [0.1, 0.15) is 45.6 Å². The standard InChI is InChI=1S/C21H26FN3O3/c1-4-5-8-25-18(26)16-15(9-11(2)3)24-21(17(16)19(25)27)13-10-12(22)6-7-14(13)23-20(21)28/h6-7,10-11,15-17,24H,4-5,8-9H2,1-3H3,(H,23,28). The molecule has 4 rings (SSSR count).